The van der Waals surface area contributed by atoms with Crippen molar-refractivity contribution in [2.45, 2.75) is 11.3 Å². The summed E-state index contributed by atoms with van der Waals surface area (Å²) in [5, 5.41) is 9.50. The van der Waals surface area contributed by atoms with Gasteiger partial charge in [-0.1, -0.05) is 42.5 Å². The molecule has 0 spiro atoms. The van der Waals surface area contributed by atoms with Crippen LogP contribution in [0.3, 0.4) is 0 Å². The number of hydrogen-bond donors (Lipinski definition) is 1. The average Bonchev–Trinajstić information content (AvgIpc) is 3.20. The van der Waals surface area contributed by atoms with Crippen molar-refractivity contribution in [3.05, 3.63) is 84.6 Å². The van der Waals surface area contributed by atoms with E-state index < -0.39 is 16.4 Å². The summed E-state index contributed by atoms with van der Waals surface area (Å²) in [4.78, 5) is 1.85. The highest BCUT2D eigenvalue weighted by Crippen LogP contribution is 2.41. The first kappa shape index (κ1) is 22.6. The molecule has 6 nitrogen and oxygen atoms in total. The molecule has 0 aliphatic rings. The van der Waals surface area contributed by atoms with Gasteiger partial charge in [-0.15, -0.1) is 0 Å². The Bertz CT molecular complexity index is 1370. The van der Waals surface area contributed by atoms with Gasteiger partial charge in [-0.3, -0.25) is 0 Å². The molecule has 0 saturated heterocycles. The van der Waals surface area contributed by atoms with Crippen molar-refractivity contribution in [1.82, 2.24) is 9.78 Å². The molecule has 1 heterocycles. The topological polar surface area (TPSA) is 81.2 Å². The largest absolute Gasteiger partial charge is 0.378 e. The van der Waals surface area contributed by atoms with Crippen LogP contribution in [0.25, 0.3) is 28.1 Å². The molecule has 33 heavy (non-hydrogen) atoms. The summed E-state index contributed by atoms with van der Waals surface area (Å²) in [6.45, 7) is 0. The lowest BCUT2D eigenvalue weighted by Gasteiger charge is -2.14. The summed E-state index contributed by atoms with van der Waals surface area (Å²) >= 11 is 0. The molecule has 4 aromatic rings. The van der Waals surface area contributed by atoms with Gasteiger partial charge < -0.3 is 4.90 Å². The number of nitrogens with zero attached hydrogens (tertiary/aromatic N) is 3. The number of hydrogen-bond acceptors (Lipinski definition) is 4. The first-order valence-electron chi connectivity index (χ1n) is 10.0. The van der Waals surface area contributed by atoms with Gasteiger partial charge in [0, 0.05) is 30.9 Å². The molecular formula is C24H22F2N4O2S. The lowest BCUT2D eigenvalue weighted by Crippen LogP contribution is -2.11. The van der Waals surface area contributed by atoms with E-state index in [0.717, 1.165) is 5.69 Å². The van der Waals surface area contributed by atoms with Gasteiger partial charge in [-0.2, -0.15) is 5.10 Å². The molecule has 0 unspecified atom stereocenters. The van der Waals surface area contributed by atoms with Crippen LogP contribution in [-0.4, -0.2) is 32.3 Å². The third-order valence-corrected chi connectivity index (χ3v) is 6.18. The predicted octanol–water partition coefficient (Wildman–Crippen LogP) is 4.86. The van der Waals surface area contributed by atoms with E-state index in [1.807, 2.05) is 37.2 Å². The number of para-hydroxylation sites is 1. The highest BCUT2D eigenvalue weighted by molar-refractivity contribution is 7.89. The highest BCUT2D eigenvalue weighted by atomic mass is 32.2. The van der Waals surface area contributed by atoms with Crippen LogP contribution >= 0.6 is 0 Å². The number of halogens is 2. The molecule has 0 aliphatic heterocycles. The fourth-order valence-electron chi connectivity index (χ4n) is 3.62. The van der Waals surface area contributed by atoms with E-state index in [9.17, 15) is 17.2 Å². The molecule has 0 atom stereocenters. The molecule has 0 bridgehead atoms. The second-order valence-electron chi connectivity index (χ2n) is 7.67. The number of benzene rings is 3. The summed E-state index contributed by atoms with van der Waals surface area (Å²) in [6.07, 6.45) is -2.82. The van der Waals surface area contributed by atoms with E-state index in [-0.39, 0.29) is 16.2 Å². The summed E-state index contributed by atoms with van der Waals surface area (Å²) in [6, 6.07) is 22.0. The Hall–Kier alpha value is -3.56. The zero-order valence-corrected chi connectivity index (χ0v) is 18.8. The average molecular weight is 469 g/mol. The van der Waals surface area contributed by atoms with E-state index in [2.05, 4.69) is 5.10 Å². The molecule has 0 saturated carbocycles. The van der Waals surface area contributed by atoms with E-state index in [4.69, 9.17) is 5.14 Å². The Labute approximate surface area is 190 Å². The molecule has 0 radical (unpaired) electrons. The highest BCUT2D eigenvalue weighted by Gasteiger charge is 2.27. The van der Waals surface area contributed by atoms with Gasteiger partial charge in [-0.25, -0.2) is 27.0 Å². The van der Waals surface area contributed by atoms with E-state index in [0.29, 0.717) is 22.5 Å². The van der Waals surface area contributed by atoms with Crippen LogP contribution in [0.15, 0.2) is 83.8 Å². The number of sulfonamides is 1. The van der Waals surface area contributed by atoms with Crippen LogP contribution in [0.4, 0.5) is 14.5 Å². The second-order valence-corrected chi connectivity index (χ2v) is 9.23. The third-order valence-electron chi connectivity index (χ3n) is 5.25. The van der Waals surface area contributed by atoms with Crippen LogP contribution < -0.4 is 10.0 Å². The Morgan fingerprint density at radius 3 is 1.97 bits per heavy atom. The molecule has 0 aliphatic carbocycles. The van der Waals surface area contributed by atoms with E-state index >= 15 is 0 Å². The maximum Gasteiger partial charge on any atom is 0.282 e. The third kappa shape index (κ3) is 4.50. The van der Waals surface area contributed by atoms with Gasteiger partial charge in [-0.05, 0) is 42.0 Å². The number of nitrogens with two attached hydrogens (primary N) is 1. The number of alkyl halides is 2. The van der Waals surface area contributed by atoms with Crippen molar-refractivity contribution >= 4 is 15.7 Å². The Morgan fingerprint density at radius 1 is 0.879 bits per heavy atom. The molecule has 170 valence electrons. The van der Waals surface area contributed by atoms with E-state index in [1.165, 1.54) is 16.8 Å². The summed E-state index contributed by atoms with van der Waals surface area (Å²) < 4.78 is 53.2. The van der Waals surface area contributed by atoms with Crippen LogP contribution in [0, 0.1) is 0 Å². The number of rotatable bonds is 6. The molecule has 4 rings (SSSR count). The summed E-state index contributed by atoms with van der Waals surface area (Å²) in [5.74, 6) is 0. The minimum absolute atomic E-state index is 0.0667. The minimum Gasteiger partial charge on any atom is -0.378 e. The predicted molar refractivity (Wildman–Crippen MR) is 125 cm³/mol. The Balaban J connectivity index is 2.01. The standard InChI is InChI=1S/C24H22F2N4O2S/c1-29(2)18-12-8-16(9-13-18)21-22(24(25)26)28-30(19-6-4-3-5-7-19)23(21)17-10-14-20(15-11-17)33(27,31)32/h3-15,24H,1-2H3,(H2,27,31,32). The molecular weight excluding hydrogens is 446 g/mol. The zero-order valence-electron chi connectivity index (χ0n) is 18.0. The quantitative estimate of drug-likeness (QED) is 0.438. The van der Waals surface area contributed by atoms with Crippen LogP contribution in [0.5, 0.6) is 0 Å². The molecule has 2 N–H and O–H groups in total. The number of primary sulfonamides is 1. The van der Waals surface area contributed by atoms with Crippen molar-refractivity contribution in [2.75, 3.05) is 19.0 Å². The smallest absolute Gasteiger partial charge is 0.282 e. The van der Waals surface area contributed by atoms with Gasteiger partial charge in [0.05, 0.1) is 16.3 Å². The monoisotopic (exact) mass is 468 g/mol. The van der Waals surface area contributed by atoms with Crippen LogP contribution in [0.2, 0.25) is 0 Å². The van der Waals surface area contributed by atoms with Gasteiger partial charge >= 0.3 is 0 Å². The van der Waals surface area contributed by atoms with Crippen LogP contribution in [-0.2, 0) is 10.0 Å². The van der Waals surface area contributed by atoms with Gasteiger partial charge in [0.1, 0.15) is 5.69 Å². The van der Waals surface area contributed by atoms with Crippen molar-refractivity contribution < 1.29 is 17.2 Å². The van der Waals surface area contributed by atoms with Crippen molar-refractivity contribution in [1.29, 1.82) is 0 Å². The Kier molecular flexibility index (Phi) is 6.01. The van der Waals surface area contributed by atoms with Gasteiger partial charge in [0.25, 0.3) is 6.43 Å². The number of anilines is 1. The fraction of sp³-hybridized carbons (Fsp3) is 0.125. The first-order chi connectivity index (χ1) is 15.7. The molecule has 0 fully saturated rings. The second kappa shape index (κ2) is 8.76. The van der Waals surface area contributed by atoms with Gasteiger partial charge in [0.15, 0.2) is 0 Å². The summed E-state index contributed by atoms with van der Waals surface area (Å²) in [7, 11) is -0.106. The lowest BCUT2D eigenvalue weighted by molar-refractivity contribution is 0.146. The normalized spacial score (nSPS) is 11.7. The lowest BCUT2D eigenvalue weighted by atomic mass is 9.98. The van der Waals surface area contributed by atoms with Crippen LogP contribution in [0.1, 0.15) is 12.1 Å². The Morgan fingerprint density at radius 2 is 1.45 bits per heavy atom. The van der Waals surface area contributed by atoms with Crippen molar-refractivity contribution in [3.8, 4) is 28.1 Å². The summed E-state index contributed by atoms with van der Waals surface area (Å²) in [5.41, 5.74) is 2.97. The maximum atomic E-state index is 14.2. The van der Waals surface area contributed by atoms with Crippen molar-refractivity contribution in [3.63, 3.8) is 0 Å². The van der Waals surface area contributed by atoms with E-state index in [1.54, 1.807) is 48.5 Å². The molecule has 1 aromatic heterocycles. The van der Waals surface area contributed by atoms with Crippen molar-refractivity contribution in [2.24, 2.45) is 5.14 Å². The van der Waals surface area contributed by atoms with Gasteiger partial charge in [0.2, 0.25) is 10.0 Å². The molecule has 9 heteroatoms. The number of aromatic nitrogens is 2. The SMILES string of the molecule is CN(C)c1ccc(-c2c(C(F)F)nn(-c3ccccc3)c2-c2ccc(S(N)(=O)=O)cc2)cc1. The maximum absolute atomic E-state index is 14.2. The fourth-order valence-corrected chi connectivity index (χ4v) is 4.14. The minimum atomic E-state index is -3.89. The molecule has 0 amide bonds. The zero-order chi connectivity index (χ0) is 23.8. The molecule has 3 aromatic carbocycles. The first-order valence-corrected chi connectivity index (χ1v) is 11.6.